The molecule has 0 bridgehead atoms. The predicted octanol–water partition coefficient (Wildman–Crippen LogP) is 3.54. The molecule has 1 aliphatic heterocycles. The van der Waals surface area contributed by atoms with Gasteiger partial charge in [0.05, 0.1) is 5.69 Å². The molecule has 0 radical (unpaired) electrons. The van der Waals surface area contributed by atoms with Crippen molar-refractivity contribution in [2.45, 2.75) is 33.2 Å². The molecule has 0 saturated carbocycles. The highest BCUT2D eigenvalue weighted by Crippen LogP contribution is 2.33. The Morgan fingerprint density at radius 2 is 2.00 bits per heavy atom. The number of pyridine rings is 1. The van der Waals surface area contributed by atoms with E-state index in [1.54, 1.807) is 0 Å². The van der Waals surface area contributed by atoms with Gasteiger partial charge in [-0.05, 0) is 56.5 Å². The second-order valence-corrected chi connectivity index (χ2v) is 6.34. The van der Waals surface area contributed by atoms with Crippen LogP contribution in [-0.4, -0.2) is 21.3 Å². The van der Waals surface area contributed by atoms with Gasteiger partial charge in [-0.3, -0.25) is 9.20 Å². The van der Waals surface area contributed by atoms with Gasteiger partial charge >= 0.3 is 0 Å². The second-order valence-electron chi connectivity index (χ2n) is 6.34. The first-order valence-electron chi connectivity index (χ1n) is 7.93. The van der Waals surface area contributed by atoms with Crippen LogP contribution in [0.3, 0.4) is 0 Å². The summed E-state index contributed by atoms with van der Waals surface area (Å²) in [6.07, 6.45) is 2.83. The van der Waals surface area contributed by atoms with E-state index < -0.39 is 0 Å². The Morgan fingerprint density at radius 1 is 1.22 bits per heavy atom. The van der Waals surface area contributed by atoms with Crippen LogP contribution in [0.25, 0.3) is 5.65 Å². The monoisotopic (exact) mass is 305 g/mol. The highest BCUT2D eigenvalue weighted by Gasteiger charge is 2.33. The molecule has 0 N–H and O–H groups in total. The molecular formula is C19H19N3O. The molecule has 1 unspecified atom stereocenters. The van der Waals surface area contributed by atoms with Crippen LogP contribution in [0.5, 0.6) is 0 Å². The molecule has 116 valence electrons. The van der Waals surface area contributed by atoms with Gasteiger partial charge in [0, 0.05) is 17.9 Å². The molecule has 1 aromatic carbocycles. The van der Waals surface area contributed by atoms with Crippen LogP contribution in [0, 0.1) is 13.8 Å². The predicted molar refractivity (Wildman–Crippen MR) is 91.1 cm³/mol. The fraction of sp³-hybridized carbons (Fsp3) is 0.263. The molecular weight excluding hydrogens is 286 g/mol. The van der Waals surface area contributed by atoms with Crippen molar-refractivity contribution < 1.29 is 4.79 Å². The molecule has 4 heteroatoms. The van der Waals surface area contributed by atoms with E-state index in [0.29, 0.717) is 5.69 Å². The average Bonchev–Trinajstić information content (AvgIpc) is 3.01. The fourth-order valence-corrected chi connectivity index (χ4v) is 3.51. The minimum Gasteiger partial charge on any atom is -0.304 e. The van der Waals surface area contributed by atoms with Crippen LogP contribution in [0.15, 0.2) is 42.6 Å². The second kappa shape index (κ2) is 4.95. The summed E-state index contributed by atoms with van der Waals surface area (Å²) in [5, 5.41) is 0. The fourth-order valence-electron chi connectivity index (χ4n) is 3.51. The molecule has 0 spiro atoms. The summed E-state index contributed by atoms with van der Waals surface area (Å²) in [6.45, 7) is 6.03. The van der Waals surface area contributed by atoms with Gasteiger partial charge in [-0.2, -0.15) is 0 Å². The Kier molecular flexibility index (Phi) is 3.01. The first kappa shape index (κ1) is 14.0. The summed E-state index contributed by atoms with van der Waals surface area (Å²) in [4.78, 5) is 19.7. The smallest absolute Gasteiger partial charge is 0.277 e. The van der Waals surface area contributed by atoms with Gasteiger partial charge in [0.15, 0.2) is 0 Å². The van der Waals surface area contributed by atoms with Crippen molar-refractivity contribution in [1.29, 1.82) is 0 Å². The third-order valence-corrected chi connectivity index (χ3v) is 4.58. The lowest BCUT2D eigenvalue weighted by Crippen LogP contribution is -2.36. The Balaban J connectivity index is 1.86. The summed E-state index contributed by atoms with van der Waals surface area (Å²) in [5.41, 5.74) is 5.65. The van der Waals surface area contributed by atoms with E-state index in [1.807, 2.05) is 59.7 Å². The maximum Gasteiger partial charge on any atom is 0.277 e. The number of aromatic nitrogens is 2. The number of anilines is 1. The van der Waals surface area contributed by atoms with E-state index in [1.165, 1.54) is 5.56 Å². The van der Waals surface area contributed by atoms with Crippen LogP contribution in [0.4, 0.5) is 5.69 Å². The van der Waals surface area contributed by atoms with Gasteiger partial charge in [0.2, 0.25) is 0 Å². The lowest BCUT2D eigenvalue weighted by molar-refractivity contribution is 0.0975. The lowest BCUT2D eigenvalue weighted by Gasteiger charge is -2.22. The minimum absolute atomic E-state index is 0.0244. The van der Waals surface area contributed by atoms with Gasteiger partial charge in [-0.1, -0.05) is 18.2 Å². The van der Waals surface area contributed by atoms with Gasteiger partial charge in [0.25, 0.3) is 5.91 Å². The van der Waals surface area contributed by atoms with E-state index in [9.17, 15) is 4.79 Å². The van der Waals surface area contributed by atoms with E-state index >= 15 is 0 Å². The molecule has 3 heterocycles. The van der Waals surface area contributed by atoms with Crippen molar-refractivity contribution in [3.63, 3.8) is 0 Å². The van der Waals surface area contributed by atoms with Crippen molar-refractivity contribution in [2.24, 2.45) is 0 Å². The Bertz CT molecular complexity index is 926. The number of rotatable bonds is 1. The molecule has 1 aliphatic rings. The topological polar surface area (TPSA) is 37.6 Å². The van der Waals surface area contributed by atoms with Crippen molar-refractivity contribution >= 4 is 17.2 Å². The Labute approximate surface area is 135 Å². The molecule has 0 saturated heterocycles. The molecule has 4 rings (SSSR count). The Morgan fingerprint density at radius 3 is 2.83 bits per heavy atom. The first-order valence-corrected chi connectivity index (χ1v) is 7.93. The maximum absolute atomic E-state index is 13.3. The summed E-state index contributed by atoms with van der Waals surface area (Å²) in [5.74, 6) is 0.0244. The van der Waals surface area contributed by atoms with Gasteiger partial charge in [-0.15, -0.1) is 0 Å². The van der Waals surface area contributed by atoms with Crippen LogP contribution >= 0.6 is 0 Å². The molecule has 2 aromatic heterocycles. The van der Waals surface area contributed by atoms with Crippen molar-refractivity contribution in [2.75, 3.05) is 4.90 Å². The highest BCUT2D eigenvalue weighted by atomic mass is 16.2. The standard InChI is InChI=1S/C19H19N3O/c1-12-8-9-21-17(10-12)20-14(3)18(21)19(23)22-13(2)11-15-6-4-5-7-16(15)22/h4-10,13H,11H2,1-3H3. The van der Waals surface area contributed by atoms with E-state index in [0.717, 1.165) is 29.0 Å². The number of fused-ring (bicyclic) bond motifs is 2. The summed E-state index contributed by atoms with van der Waals surface area (Å²) in [7, 11) is 0. The molecule has 23 heavy (non-hydrogen) atoms. The largest absolute Gasteiger partial charge is 0.304 e. The molecule has 1 atom stereocenters. The van der Waals surface area contributed by atoms with Gasteiger partial charge in [-0.25, -0.2) is 4.98 Å². The summed E-state index contributed by atoms with van der Waals surface area (Å²) >= 11 is 0. The summed E-state index contributed by atoms with van der Waals surface area (Å²) in [6, 6.07) is 12.3. The molecule has 4 nitrogen and oxygen atoms in total. The normalized spacial score (nSPS) is 16.8. The third kappa shape index (κ3) is 2.05. The zero-order chi connectivity index (χ0) is 16.1. The van der Waals surface area contributed by atoms with E-state index in [-0.39, 0.29) is 11.9 Å². The minimum atomic E-state index is 0.0244. The quantitative estimate of drug-likeness (QED) is 0.689. The first-order chi connectivity index (χ1) is 11.1. The zero-order valence-corrected chi connectivity index (χ0v) is 13.6. The number of imidazole rings is 1. The van der Waals surface area contributed by atoms with Crippen LogP contribution < -0.4 is 4.90 Å². The van der Waals surface area contributed by atoms with Crippen LogP contribution in [0.1, 0.15) is 34.2 Å². The number of aryl methyl sites for hydroxylation is 2. The van der Waals surface area contributed by atoms with Crippen molar-refractivity contribution in [1.82, 2.24) is 9.38 Å². The molecule has 3 aromatic rings. The third-order valence-electron chi connectivity index (χ3n) is 4.58. The average molecular weight is 305 g/mol. The molecule has 0 aliphatic carbocycles. The SMILES string of the molecule is Cc1ccn2c(C(=O)N3c4ccccc4CC3C)c(C)nc2c1. The number of carbonyl (C=O) groups excluding carboxylic acids is 1. The van der Waals surface area contributed by atoms with Gasteiger partial charge < -0.3 is 4.90 Å². The number of benzene rings is 1. The lowest BCUT2D eigenvalue weighted by atomic mass is 10.1. The Hall–Kier alpha value is -2.62. The van der Waals surface area contributed by atoms with E-state index in [4.69, 9.17) is 0 Å². The number of para-hydroxylation sites is 1. The highest BCUT2D eigenvalue weighted by molar-refractivity contribution is 6.07. The maximum atomic E-state index is 13.3. The van der Waals surface area contributed by atoms with Crippen LogP contribution in [0.2, 0.25) is 0 Å². The number of hydrogen-bond acceptors (Lipinski definition) is 2. The van der Waals surface area contributed by atoms with Crippen LogP contribution in [-0.2, 0) is 6.42 Å². The summed E-state index contributed by atoms with van der Waals surface area (Å²) < 4.78 is 1.90. The van der Waals surface area contributed by atoms with Crippen molar-refractivity contribution in [3.05, 3.63) is 65.1 Å². The molecule has 1 amide bonds. The zero-order valence-electron chi connectivity index (χ0n) is 13.6. The van der Waals surface area contributed by atoms with Gasteiger partial charge in [0.1, 0.15) is 11.3 Å². The number of carbonyl (C=O) groups is 1. The number of hydrogen-bond donors (Lipinski definition) is 0. The number of nitrogens with zero attached hydrogens (tertiary/aromatic N) is 3. The van der Waals surface area contributed by atoms with Crippen molar-refractivity contribution in [3.8, 4) is 0 Å². The molecule has 0 fully saturated rings. The van der Waals surface area contributed by atoms with E-state index in [2.05, 4.69) is 18.0 Å². The number of amides is 1.